The molecule has 3 aromatic rings. The molecule has 4 rings (SSSR count). The second-order valence-corrected chi connectivity index (χ2v) is 10.0. The van der Waals surface area contributed by atoms with Crippen LogP contribution in [0.3, 0.4) is 0 Å². The van der Waals surface area contributed by atoms with Gasteiger partial charge in [0.25, 0.3) is 0 Å². The van der Waals surface area contributed by atoms with Crippen LogP contribution in [0.5, 0.6) is 0 Å². The molecule has 162 valence electrons. The maximum absolute atomic E-state index is 13.4. The number of halogens is 2. The van der Waals surface area contributed by atoms with Crippen molar-refractivity contribution in [2.75, 3.05) is 18.8 Å². The molecule has 1 aliphatic rings. The zero-order valence-corrected chi connectivity index (χ0v) is 19.1. The van der Waals surface area contributed by atoms with E-state index in [9.17, 15) is 8.94 Å². The fourth-order valence-corrected chi connectivity index (χ4v) is 5.52. The first kappa shape index (κ1) is 22.2. The molecule has 1 unspecified atom stereocenters. The number of aryl methyl sites for hydroxylation is 1. The monoisotopic (exact) mass is 456 g/mol. The van der Waals surface area contributed by atoms with Crippen LogP contribution in [0.15, 0.2) is 70.5 Å². The average molecular weight is 457 g/mol. The van der Waals surface area contributed by atoms with E-state index in [0.717, 1.165) is 38.2 Å². The maximum Gasteiger partial charge on any atom is 0.160 e. The lowest BCUT2D eigenvalue weighted by molar-refractivity contribution is 0.204. The Labute approximate surface area is 191 Å². The predicted molar refractivity (Wildman–Crippen MR) is 125 cm³/mol. The molecule has 0 radical (unpaired) electrons. The summed E-state index contributed by atoms with van der Waals surface area (Å²) in [6.45, 7) is 5.12. The van der Waals surface area contributed by atoms with Crippen LogP contribution in [0.2, 0.25) is 5.02 Å². The molecular weight excluding hydrogens is 431 g/mol. The van der Waals surface area contributed by atoms with E-state index in [1.165, 1.54) is 34.9 Å². The van der Waals surface area contributed by atoms with Crippen molar-refractivity contribution in [2.24, 2.45) is 0 Å². The minimum Gasteiger partial charge on any atom is -0.606 e. The molecule has 3 aromatic carbocycles. The van der Waals surface area contributed by atoms with Gasteiger partial charge in [-0.1, -0.05) is 29.8 Å². The highest BCUT2D eigenvalue weighted by Gasteiger charge is 2.22. The van der Waals surface area contributed by atoms with Crippen LogP contribution in [0.4, 0.5) is 10.1 Å². The molecule has 0 aromatic heterocycles. The lowest BCUT2D eigenvalue weighted by Crippen LogP contribution is -2.32. The molecule has 1 atom stereocenters. The lowest BCUT2D eigenvalue weighted by Gasteiger charge is -2.33. The van der Waals surface area contributed by atoms with E-state index in [-0.39, 0.29) is 5.02 Å². The minimum absolute atomic E-state index is 0.0146. The molecule has 3 nitrogen and oxygen atoms in total. The first-order chi connectivity index (χ1) is 14.9. The van der Waals surface area contributed by atoms with Crippen LogP contribution < -0.4 is 5.73 Å². The van der Waals surface area contributed by atoms with Crippen molar-refractivity contribution in [3.8, 4) is 0 Å². The molecule has 6 heteroatoms. The van der Waals surface area contributed by atoms with Crippen LogP contribution in [0, 0.1) is 12.7 Å². The number of anilines is 1. The second kappa shape index (κ2) is 9.61. The number of nitrogens with two attached hydrogens (primary N) is 1. The number of benzene rings is 3. The van der Waals surface area contributed by atoms with Gasteiger partial charge in [0, 0.05) is 29.5 Å². The number of hydrogen-bond acceptors (Lipinski definition) is 3. The summed E-state index contributed by atoms with van der Waals surface area (Å²) in [6, 6.07) is 18.2. The Hall–Kier alpha value is -2.05. The summed E-state index contributed by atoms with van der Waals surface area (Å²) in [7, 11) is 0. The van der Waals surface area contributed by atoms with Gasteiger partial charge in [-0.3, -0.25) is 4.90 Å². The first-order valence-electron chi connectivity index (χ1n) is 10.4. The van der Waals surface area contributed by atoms with Crippen LogP contribution >= 0.6 is 11.6 Å². The van der Waals surface area contributed by atoms with Gasteiger partial charge in [0.05, 0.1) is 5.02 Å². The summed E-state index contributed by atoms with van der Waals surface area (Å²) in [5, 5.41) is -0.0146. The highest BCUT2D eigenvalue weighted by molar-refractivity contribution is 7.91. The Morgan fingerprint density at radius 2 is 1.71 bits per heavy atom. The van der Waals surface area contributed by atoms with Gasteiger partial charge in [0.1, 0.15) is 5.82 Å². The molecule has 1 aliphatic heterocycles. The van der Waals surface area contributed by atoms with Crippen molar-refractivity contribution in [1.82, 2.24) is 4.90 Å². The van der Waals surface area contributed by atoms with E-state index in [2.05, 4.69) is 24.0 Å². The van der Waals surface area contributed by atoms with Crippen molar-refractivity contribution >= 4 is 28.5 Å². The zero-order valence-electron chi connectivity index (χ0n) is 17.5. The standard InChI is InChI=1S/C25H26ClFN2OS/c1-17-2-5-20(28)14-23(17)19-10-12-29(13-11-19)16-18-3-6-21(7-4-18)31(30)22-8-9-25(27)24(26)15-22/h2-9,14-15,19H,10-13,16,28H2,1H3. The lowest BCUT2D eigenvalue weighted by atomic mass is 9.86. The SMILES string of the molecule is Cc1ccc(N)cc1C1CCN(Cc2ccc([S+]([O-])c3ccc(F)c(Cl)c3)cc2)CC1. The Morgan fingerprint density at radius 3 is 2.39 bits per heavy atom. The van der Waals surface area contributed by atoms with Crippen molar-refractivity contribution in [3.05, 3.63) is 88.2 Å². The van der Waals surface area contributed by atoms with Gasteiger partial charge in [-0.2, -0.15) is 0 Å². The molecule has 1 fully saturated rings. The number of likely N-dealkylation sites (tertiary alicyclic amines) is 1. The summed E-state index contributed by atoms with van der Waals surface area (Å²) in [5.74, 6) is 0.0551. The maximum atomic E-state index is 13.4. The van der Waals surface area contributed by atoms with E-state index in [1.807, 2.05) is 30.3 Å². The topological polar surface area (TPSA) is 52.3 Å². The molecule has 0 spiro atoms. The summed E-state index contributed by atoms with van der Waals surface area (Å²) in [4.78, 5) is 3.64. The van der Waals surface area contributed by atoms with E-state index in [0.29, 0.717) is 15.7 Å². The Balaban J connectivity index is 1.35. The third kappa shape index (κ3) is 5.24. The normalized spacial score (nSPS) is 16.4. The number of hydrogen-bond donors (Lipinski definition) is 1. The summed E-state index contributed by atoms with van der Waals surface area (Å²) < 4.78 is 26.1. The number of nitrogens with zero attached hydrogens (tertiary/aromatic N) is 1. The fourth-order valence-electron chi connectivity index (χ4n) is 4.21. The smallest absolute Gasteiger partial charge is 0.160 e. The summed E-state index contributed by atoms with van der Waals surface area (Å²) >= 11 is 4.44. The highest BCUT2D eigenvalue weighted by atomic mass is 35.5. The third-order valence-corrected chi connectivity index (χ3v) is 7.65. The van der Waals surface area contributed by atoms with Gasteiger partial charge in [-0.25, -0.2) is 4.39 Å². The zero-order chi connectivity index (χ0) is 22.0. The van der Waals surface area contributed by atoms with Crippen LogP contribution in [-0.4, -0.2) is 22.5 Å². The van der Waals surface area contributed by atoms with E-state index >= 15 is 0 Å². The quantitative estimate of drug-likeness (QED) is 0.383. The van der Waals surface area contributed by atoms with Crippen molar-refractivity contribution < 1.29 is 8.94 Å². The average Bonchev–Trinajstić information content (AvgIpc) is 2.78. The van der Waals surface area contributed by atoms with E-state index in [1.54, 1.807) is 0 Å². The van der Waals surface area contributed by atoms with Crippen LogP contribution in [-0.2, 0) is 17.7 Å². The van der Waals surface area contributed by atoms with Gasteiger partial charge in [-0.05, 0) is 91.9 Å². The number of piperidine rings is 1. The second-order valence-electron chi connectivity index (χ2n) is 8.16. The molecule has 0 saturated carbocycles. The van der Waals surface area contributed by atoms with Gasteiger partial charge in [-0.15, -0.1) is 0 Å². The summed E-state index contributed by atoms with van der Waals surface area (Å²) in [6.07, 6.45) is 2.25. The van der Waals surface area contributed by atoms with E-state index < -0.39 is 17.0 Å². The van der Waals surface area contributed by atoms with Crippen LogP contribution in [0.25, 0.3) is 0 Å². The Morgan fingerprint density at radius 1 is 1.03 bits per heavy atom. The molecule has 0 amide bonds. The molecule has 31 heavy (non-hydrogen) atoms. The molecule has 1 heterocycles. The van der Waals surface area contributed by atoms with Gasteiger partial charge >= 0.3 is 0 Å². The van der Waals surface area contributed by atoms with Gasteiger partial charge in [0.2, 0.25) is 0 Å². The predicted octanol–water partition coefficient (Wildman–Crippen LogP) is 5.92. The fraction of sp³-hybridized carbons (Fsp3) is 0.280. The van der Waals surface area contributed by atoms with Crippen molar-refractivity contribution in [2.45, 2.75) is 42.0 Å². The van der Waals surface area contributed by atoms with Crippen molar-refractivity contribution in [1.29, 1.82) is 0 Å². The van der Waals surface area contributed by atoms with Crippen LogP contribution in [0.1, 0.15) is 35.4 Å². The largest absolute Gasteiger partial charge is 0.606 e. The molecule has 0 aliphatic carbocycles. The molecular formula is C25H26ClFN2OS. The molecule has 0 bridgehead atoms. The molecule has 2 N–H and O–H groups in total. The number of rotatable bonds is 5. The van der Waals surface area contributed by atoms with E-state index in [4.69, 9.17) is 17.3 Å². The Kier molecular flexibility index (Phi) is 6.87. The highest BCUT2D eigenvalue weighted by Crippen LogP contribution is 2.32. The first-order valence-corrected chi connectivity index (χ1v) is 12.0. The summed E-state index contributed by atoms with van der Waals surface area (Å²) in [5.41, 5.74) is 10.7. The molecule has 1 saturated heterocycles. The third-order valence-electron chi connectivity index (χ3n) is 5.98. The Bertz CT molecular complexity index is 1050. The van der Waals surface area contributed by atoms with Gasteiger partial charge < -0.3 is 10.3 Å². The number of nitrogen functional groups attached to an aromatic ring is 1. The minimum atomic E-state index is -1.39. The van der Waals surface area contributed by atoms with Gasteiger partial charge in [0.15, 0.2) is 9.79 Å². The van der Waals surface area contributed by atoms with Crippen molar-refractivity contribution in [3.63, 3.8) is 0 Å².